The standard InChI is InChI=1S/C9H15NO3/c1-9(7-2-3-12-4-7)6-13-5-8(11)10-9/h7H,2-6H2,1H3,(H,10,11). The number of amides is 1. The summed E-state index contributed by atoms with van der Waals surface area (Å²) < 4.78 is 10.5. The van der Waals surface area contributed by atoms with Crippen LogP contribution in [0.25, 0.3) is 0 Å². The van der Waals surface area contributed by atoms with E-state index >= 15 is 0 Å². The van der Waals surface area contributed by atoms with E-state index in [1.807, 2.05) is 6.92 Å². The van der Waals surface area contributed by atoms with Gasteiger partial charge in [-0.25, -0.2) is 0 Å². The van der Waals surface area contributed by atoms with Crippen molar-refractivity contribution in [1.29, 1.82) is 0 Å². The number of hydrogen-bond donors (Lipinski definition) is 1. The molecular formula is C9H15NO3. The molecule has 0 radical (unpaired) electrons. The molecule has 2 fully saturated rings. The Labute approximate surface area is 77.6 Å². The number of morpholine rings is 1. The minimum absolute atomic E-state index is 0.0133. The van der Waals surface area contributed by atoms with Crippen LogP contribution in [0, 0.1) is 5.92 Å². The Kier molecular flexibility index (Phi) is 2.26. The summed E-state index contributed by atoms with van der Waals surface area (Å²) >= 11 is 0. The first-order chi connectivity index (χ1) is 6.21. The third kappa shape index (κ3) is 1.69. The topological polar surface area (TPSA) is 47.6 Å². The maximum atomic E-state index is 11.2. The molecule has 1 amide bonds. The molecule has 0 aromatic carbocycles. The molecule has 13 heavy (non-hydrogen) atoms. The summed E-state index contributed by atoms with van der Waals surface area (Å²) in [5, 5.41) is 2.99. The van der Waals surface area contributed by atoms with E-state index in [2.05, 4.69) is 5.32 Å². The molecule has 4 heteroatoms. The van der Waals surface area contributed by atoms with Crippen LogP contribution in [0.5, 0.6) is 0 Å². The highest BCUT2D eigenvalue weighted by Gasteiger charge is 2.40. The number of carbonyl (C=O) groups excluding carboxylic acids is 1. The molecule has 2 atom stereocenters. The van der Waals surface area contributed by atoms with Gasteiger partial charge in [-0.3, -0.25) is 4.79 Å². The van der Waals surface area contributed by atoms with Crippen molar-refractivity contribution in [3.63, 3.8) is 0 Å². The predicted octanol–water partition coefficient (Wildman–Crippen LogP) is -0.0720. The van der Waals surface area contributed by atoms with Gasteiger partial charge in [0.1, 0.15) is 6.61 Å². The lowest BCUT2D eigenvalue weighted by molar-refractivity contribution is -0.136. The molecule has 2 aliphatic heterocycles. The smallest absolute Gasteiger partial charge is 0.246 e. The van der Waals surface area contributed by atoms with Crippen LogP contribution < -0.4 is 5.32 Å². The van der Waals surface area contributed by atoms with E-state index in [0.29, 0.717) is 12.5 Å². The molecule has 0 aromatic rings. The van der Waals surface area contributed by atoms with Gasteiger partial charge in [-0.15, -0.1) is 0 Å². The van der Waals surface area contributed by atoms with Crippen LogP contribution in [0.1, 0.15) is 13.3 Å². The summed E-state index contributed by atoms with van der Waals surface area (Å²) in [7, 11) is 0. The number of rotatable bonds is 1. The van der Waals surface area contributed by atoms with Gasteiger partial charge in [0, 0.05) is 12.5 Å². The van der Waals surface area contributed by atoms with Crippen LogP contribution in [0.3, 0.4) is 0 Å². The quantitative estimate of drug-likeness (QED) is 0.622. The molecule has 0 bridgehead atoms. The molecule has 0 aromatic heterocycles. The Bertz CT molecular complexity index is 213. The van der Waals surface area contributed by atoms with Gasteiger partial charge >= 0.3 is 0 Å². The van der Waals surface area contributed by atoms with E-state index in [9.17, 15) is 4.79 Å². The summed E-state index contributed by atoms with van der Waals surface area (Å²) in [4.78, 5) is 11.2. The first kappa shape index (κ1) is 8.97. The summed E-state index contributed by atoms with van der Waals surface area (Å²) in [5.41, 5.74) is -0.216. The Morgan fingerprint density at radius 1 is 1.54 bits per heavy atom. The monoisotopic (exact) mass is 185 g/mol. The van der Waals surface area contributed by atoms with Crippen LogP contribution in [-0.2, 0) is 14.3 Å². The minimum Gasteiger partial charge on any atom is -0.381 e. The van der Waals surface area contributed by atoms with Gasteiger partial charge < -0.3 is 14.8 Å². The minimum atomic E-state index is -0.216. The van der Waals surface area contributed by atoms with Crippen molar-refractivity contribution in [2.45, 2.75) is 18.9 Å². The van der Waals surface area contributed by atoms with Crippen LogP contribution in [0.4, 0.5) is 0 Å². The van der Waals surface area contributed by atoms with E-state index < -0.39 is 0 Å². The summed E-state index contributed by atoms with van der Waals surface area (Å²) in [6.07, 6.45) is 1.01. The number of nitrogens with one attached hydrogen (secondary N) is 1. The molecule has 2 unspecified atom stereocenters. The van der Waals surface area contributed by atoms with Crippen molar-refractivity contribution in [2.24, 2.45) is 5.92 Å². The summed E-state index contributed by atoms with van der Waals surface area (Å²) in [6, 6.07) is 0. The zero-order chi connectivity index (χ0) is 9.31. The largest absolute Gasteiger partial charge is 0.381 e. The Balaban J connectivity index is 2.04. The fourth-order valence-electron chi connectivity index (χ4n) is 2.00. The molecule has 2 aliphatic rings. The average molecular weight is 185 g/mol. The Morgan fingerprint density at radius 2 is 2.38 bits per heavy atom. The first-order valence-corrected chi connectivity index (χ1v) is 4.67. The van der Waals surface area contributed by atoms with Crippen molar-refractivity contribution >= 4 is 5.91 Å². The maximum absolute atomic E-state index is 11.2. The predicted molar refractivity (Wildman–Crippen MR) is 46.3 cm³/mol. The molecule has 0 spiro atoms. The zero-order valence-corrected chi connectivity index (χ0v) is 7.84. The van der Waals surface area contributed by atoms with Gasteiger partial charge in [0.25, 0.3) is 0 Å². The van der Waals surface area contributed by atoms with Gasteiger partial charge in [-0.1, -0.05) is 0 Å². The lowest BCUT2D eigenvalue weighted by Crippen LogP contribution is -2.59. The van der Waals surface area contributed by atoms with Gasteiger partial charge in [0.2, 0.25) is 5.91 Å². The fraction of sp³-hybridized carbons (Fsp3) is 0.889. The molecule has 74 valence electrons. The highest BCUT2D eigenvalue weighted by Crippen LogP contribution is 2.27. The molecule has 2 heterocycles. The van der Waals surface area contributed by atoms with Gasteiger partial charge in [0.15, 0.2) is 0 Å². The number of carbonyl (C=O) groups is 1. The zero-order valence-electron chi connectivity index (χ0n) is 7.84. The third-order valence-corrected chi connectivity index (χ3v) is 2.89. The van der Waals surface area contributed by atoms with Crippen LogP contribution in [0.15, 0.2) is 0 Å². The van der Waals surface area contributed by atoms with Gasteiger partial charge in [-0.2, -0.15) is 0 Å². The van der Waals surface area contributed by atoms with Crippen molar-refractivity contribution < 1.29 is 14.3 Å². The molecule has 1 N–H and O–H groups in total. The third-order valence-electron chi connectivity index (χ3n) is 2.89. The van der Waals surface area contributed by atoms with Crippen molar-refractivity contribution in [2.75, 3.05) is 26.4 Å². The second kappa shape index (κ2) is 3.27. The Morgan fingerprint density at radius 3 is 3.00 bits per heavy atom. The molecule has 2 saturated heterocycles. The number of ether oxygens (including phenoxy) is 2. The van der Waals surface area contributed by atoms with Gasteiger partial charge in [-0.05, 0) is 13.3 Å². The fourth-order valence-corrected chi connectivity index (χ4v) is 2.00. The van der Waals surface area contributed by atoms with E-state index in [4.69, 9.17) is 9.47 Å². The van der Waals surface area contributed by atoms with E-state index in [0.717, 1.165) is 19.6 Å². The van der Waals surface area contributed by atoms with E-state index in [-0.39, 0.29) is 18.1 Å². The molecule has 4 nitrogen and oxygen atoms in total. The average Bonchev–Trinajstić information content (AvgIpc) is 2.55. The Hall–Kier alpha value is -0.610. The number of hydrogen-bond acceptors (Lipinski definition) is 3. The van der Waals surface area contributed by atoms with Crippen molar-refractivity contribution in [3.8, 4) is 0 Å². The van der Waals surface area contributed by atoms with Crippen LogP contribution in [0.2, 0.25) is 0 Å². The lowest BCUT2D eigenvalue weighted by Gasteiger charge is -2.38. The van der Waals surface area contributed by atoms with E-state index in [1.165, 1.54) is 0 Å². The molecule has 0 aliphatic carbocycles. The van der Waals surface area contributed by atoms with Crippen LogP contribution >= 0.6 is 0 Å². The second-order valence-electron chi connectivity index (χ2n) is 4.02. The highest BCUT2D eigenvalue weighted by atomic mass is 16.5. The van der Waals surface area contributed by atoms with E-state index in [1.54, 1.807) is 0 Å². The first-order valence-electron chi connectivity index (χ1n) is 4.67. The molecular weight excluding hydrogens is 170 g/mol. The SMILES string of the molecule is CC1(C2CCOC2)COCC(=O)N1. The van der Waals surface area contributed by atoms with Crippen LogP contribution in [-0.4, -0.2) is 37.9 Å². The summed E-state index contributed by atoms with van der Waals surface area (Å²) in [6.45, 7) is 4.37. The lowest BCUT2D eigenvalue weighted by atomic mass is 9.85. The van der Waals surface area contributed by atoms with Gasteiger partial charge in [0.05, 0.1) is 18.8 Å². The molecule has 2 rings (SSSR count). The second-order valence-corrected chi connectivity index (χ2v) is 4.02. The maximum Gasteiger partial charge on any atom is 0.246 e. The van der Waals surface area contributed by atoms with Crippen molar-refractivity contribution in [3.05, 3.63) is 0 Å². The van der Waals surface area contributed by atoms with Crippen molar-refractivity contribution in [1.82, 2.24) is 5.32 Å². The highest BCUT2D eigenvalue weighted by molar-refractivity contribution is 5.78. The summed E-state index contributed by atoms with van der Waals surface area (Å²) in [5.74, 6) is 0.386. The normalized spacial score (nSPS) is 40.4. The molecule has 0 saturated carbocycles.